The molecule has 0 radical (unpaired) electrons. The Labute approximate surface area is 260 Å². The van der Waals surface area contributed by atoms with Crippen LogP contribution in [0, 0.1) is 0 Å². The molecule has 6 aromatic carbocycles. The van der Waals surface area contributed by atoms with Gasteiger partial charge in [-0.25, -0.2) is 9.97 Å². The Morgan fingerprint density at radius 2 is 0.911 bits per heavy atom. The molecule has 3 aromatic heterocycles. The first-order valence-corrected chi connectivity index (χ1v) is 17.0. The maximum absolute atomic E-state index is 6.43. The van der Waals surface area contributed by atoms with Crippen LogP contribution in [0.4, 0.5) is 0 Å². The van der Waals surface area contributed by atoms with Crippen LogP contribution < -0.4 is 20.7 Å². The molecule has 212 valence electrons. The van der Waals surface area contributed by atoms with E-state index in [1.807, 2.05) is 12.3 Å². The summed E-state index contributed by atoms with van der Waals surface area (Å²) in [5, 5.41) is 9.50. The van der Waals surface area contributed by atoms with Crippen molar-refractivity contribution in [3.63, 3.8) is 0 Å². The van der Waals surface area contributed by atoms with E-state index in [0.29, 0.717) is 5.71 Å². The average molecular weight is 595 g/mol. The number of rotatable bonds is 5. The molecule has 0 saturated carbocycles. The smallest absolute Gasteiger partial charge is 0.230 e. The fraction of sp³-hybridized carbons (Fsp3) is 0. The molecule has 0 fully saturated rings. The third-order valence-corrected chi connectivity index (χ3v) is 13.8. The Morgan fingerprint density at radius 3 is 1.49 bits per heavy atom. The molecular weight excluding hydrogens is 569 g/mol. The zero-order valence-electron chi connectivity index (χ0n) is 24.2. The third-order valence-electron chi connectivity index (χ3n) is 9.01. The van der Waals surface area contributed by atoms with E-state index in [9.17, 15) is 0 Å². The molecule has 0 unspecified atom stereocenters. The minimum Gasteiger partial charge on any atom is -0.456 e. The summed E-state index contributed by atoms with van der Waals surface area (Å²) in [7, 11) is -2.67. The highest BCUT2D eigenvalue weighted by molar-refractivity contribution is 7.20. The van der Waals surface area contributed by atoms with Gasteiger partial charge in [0.15, 0.2) is 8.07 Å². The molecule has 0 amide bonds. The van der Waals surface area contributed by atoms with Crippen molar-refractivity contribution >= 4 is 72.8 Å². The van der Waals surface area contributed by atoms with Gasteiger partial charge in [-0.15, -0.1) is 0 Å². The molecule has 0 saturated heterocycles. The number of fused-ring (bicyclic) bond motifs is 6. The number of benzene rings is 6. The third kappa shape index (κ3) is 3.98. The second kappa shape index (κ2) is 10.1. The van der Waals surface area contributed by atoms with Gasteiger partial charge in [-0.2, -0.15) is 0 Å². The highest BCUT2D eigenvalue weighted by Gasteiger charge is 2.41. The van der Waals surface area contributed by atoms with E-state index in [1.165, 1.54) is 27.1 Å². The molecular formula is C40H26N2O2Si. The number of furan rings is 2. The molecule has 3 heterocycles. The lowest BCUT2D eigenvalue weighted by Gasteiger charge is -2.34. The van der Waals surface area contributed by atoms with Crippen LogP contribution in [0.25, 0.3) is 55.1 Å². The zero-order chi connectivity index (χ0) is 29.8. The fourth-order valence-corrected chi connectivity index (χ4v) is 11.7. The molecule has 0 atom stereocenters. The van der Waals surface area contributed by atoms with Crippen LogP contribution >= 0.6 is 0 Å². The Bertz CT molecular complexity index is 2390. The summed E-state index contributed by atoms with van der Waals surface area (Å²) in [4.78, 5) is 8.51. The largest absolute Gasteiger partial charge is 0.456 e. The minimum atomic E-state index is -2.67. The van der Waals surface area contributed by atoms with Crippen molar-refractivity contribution in [1.82, 2.24) is 9.97 Å². The molecule has 9 aromatic rings. The number of hydrogen-bond acceptors (Lipinski definition) is 4. The van der Waals surface area contributed by atoms with E-state index in [1.54, 1.807) is 0 Å². The molecule has 0 spiro atoms. The summed E-state index contributed by atoms with van der Waals surface area (Å²) in [5.74, 6) is 0. The summed E-state index contributed by atoms with van der Waals surface area (Å²) < 4.78 is 12.4. The van der Waals surface area contributed by atoms with Crippen molar-refractivity contribution in [2.45, 2.75) is 0 Å². The number of hydrogen-bond donors (Lipinski definition) is 0. The van der Waals surface area contributed by atoms with E-state index in [2.05, 4.69) is 149 Å². The molecule has 9 rings (SSSR count). The van der Waals surface area contributed by atoms with Gasteiger partial charge in [0.1, 0.15) is 23.1 Å². The highest BCUT2D eigenvalue weighted by Crippen LogP contribution is 2.35. The first kappa shape index (κ1) is 25.7. The molecule has 45 heavy (non-hydrogen) atoms. The van der Waals surface area contributed by atoms with Crippen LogP contribution in [0.2, 0.25) is 0 Å². The number of aromatic nitrogens is 2. The molecule has 5 heteroatoms. The standard InChI is InChI=1S/C40H26N2O2Si/c1-4-10-29(11-5-1)45(30-12-6-2-7-13-30,31-14-8-3-9-15-31)32-18-21-38-35(24-32)33-22-27(16-19-37(33)43-38)28-17-20-39-34(23-28)36-25-41-26-42-40(36)44-39/h1-26H. The second-order valence-corrected chi connectivity index (χ2v) is 15.2. The fourth-order valence-electron chi connectivity index (χ4n) is 6.95. The molecule has 0 aliphatic rings. The van der Waals surface area contributed by atoms with Crippen LogP contribution in [0.15, 0.2) is 167 Å². The minimum absolute atomic E-state index is 0.601. The molecule has 0 bridgehead atoms. The lowest BCUT2D eigenvalue weighted by molar-refractivity contribution is 0.653. The first-order chi connectivity index (χ1) is 22.3. The van der Waals surface area contributed by atoms with E-state index in [0.717, 1.165) is 49.4 Å². The van der Waals surface area contributed by atoms with Crippen LogP contribution in [-0.2, 0) is 0 Å². The lowest BCUT2D eigenvalue weighted by Crippen LogP contribution is -2.74. The Balaban J connectivity index is 1.28. The van der Waals surface area contributed by atoms with Crippen LogP contribution in [0.1, 0.15) is 0 Å². The highest BCUT2D eigenvalue weighted by atomic mass is 28.3. The van der Waals surface area contributed by atoms with Gasteiger partial charge in [-0.1, -0.05) is 115 Å². The Morgan fingerprint density at radius 1 is 0.422 bits per heavy atom. The molecule has 0 aliphatic carbocycles. The van der Waals surface area contributed by atoms with E-state index in [4.69, 9.17) is 8.83 Å². The van der Waals surface area contributed by atoms with Gasteiger partial charge in [0.05, 0.1) is 5.39 Å². The van der Waals surface area contributed by atoms with Gasteiger partial charge < -0.3 is 8.83 Å². The molecule has 0 N–H and O–H groups in total. The van der Waals surface area contributed by atoms with Crippen molar-refractivity contribution in [2.24, 2.45) is 0 Å². The topological polar surface area (TPSA) is 52.1 Å². The summed E-state index contributed by atoms with van der Waals surface area (Å²) in [5.41, 5.74) is 5.38. The molecule has 4 nitrogen and oxygen atoms in total. The van der Waals surface area contributed by atoms with Gasteiger partial charge in [0, 0.05) is 22.4 Å². The summed E-state index contributed by atoms with van der Waals surface area (Å²) in [6.07, 6.45) is 3.33. The van der Waals surface area contributed by atoms with Gasteiger partial charge in [-0.3, -0.25) is 0 Å². The zero-order valence-corrected chi connectivity index (χ0v) is 25.2. The predicted molar refractivity (Wildman–Crippen MR) is 186 cm³/mol. The van der Waals surface area contributed by atoms with Crippen LogP contribution in [0.3, 0.4) is 0 Å². The SMILES string of the molecule is c1ccc([Si](c2ccccc2)(c2ccccc2)c2ccc3oc4ccc(-c5ccc6oc7ncncc7c6c5)cc4c3c2)cc1. The summed E-state index contributed by atoms with van der Waals surface area (Å²) in [6, 6.07) is 52.6. The Kier molecular flexibility index (Phi) is 5.79. The monoisotopic (exact) mass is 594 g/mol. The quantitative estimate of drug-likeness (QED) is 0.155. The Hall–Kier alpha value is -5.78. The van der Waals surface area contributed by atoms with Crippen LogP contribution in [0.5, 0.6) is 0 Å². The van der Waals surface area contributed by atoms with Crippen molar-refractivity contribution in [1.29, 1.82) is 0 Å². The van der Waals surface area contributed by atoms with Crippen molar-refractivity contribution in [3.8, 4) is 11.1 Å². The van der Waals surface area contributed by atoms with Gasteiger partial charge in [-0.05, 0) is 62.2 Å². The van der Waals surface area contributed by atoms with E-state index >= 15 is 0 Å². The van der Waals surface area contributed by atoms with Gasteiger partial charge >= 0.3 is 0 Å². The lowest BCUT2D eigenvalue weighted by atomic mass is 10.0. The van der Waals surface area contributed by atoms with Gasteiger partial charge in [0.2, 0.25) is 5.71 Å². The maximum Gasteiger partial charge on any atom is 0.230 e. The predicted octanol–water partition coefficient (Wildman–Crippen LogP) is 7.32. The van der Waals surface area contributed by atoms with Gasteiger partial charge in [0.25, 0.3) is 0 Å². The average Bonchev–Trinajstić information content (AvgIpc) is 3.67. The van der Waals surface area contributed by atoms with Crippen molar-refractivity contribution < 1.29 is 8.83 Å². The van der Waals surface area contributed by atoms with E-state index < -0.39 is 8.07 Å². The normalized spacial score (nSPS) is 12.0. The number of nitrogens with zero attached hydrogens (tertiary/aromatic N) is 2. The maximum atomic E-state index is 6.43. The van der Waals surface area contributed by atoms with Crippen molar-refractivity contribution in [2.75, 3.05) is 0 Å². The van der Waals surface area contributed by atoms with Crippen molar-refractivity contribution in [3.05, 3.63) is 158 Å². The van der Waals surface area contributed by atoms with E-state index in [-0.39, 0.29) is 0 Å². The summed E-state index contributed by atoms with van der Waals surface area (Å²) in [6.45, 7) is 0. The molecule has 0 aliphatic heterocycles. The second-order valence-electron chi connectivity index (χ2n) is 11.4. The van der Waals surface area contributed by atoms with Crippen LogP contribution in [-0.4, -0.2) is 18.0 Å². The summed E-state index contributed by atoms with van der Waals surface area (Å²) >= 11 is 0. The first-order valence-electron chi connectivity index (χ1n) is 15.0.